The average molecular weight is 307 g/mol. The molecule has 21 heavy (non-hydrogen) atoms. The smallest absolute Gasteiger partial charge is 0.167 e. The number of hydrogen-bond acceptors (Lipinski definition) is 2. The van der Waals surface area contributed by atoms with Crippen molar-refractivity contribution >= 4 is 17.4 Å². The number of hydrogen-bond donors (Lipinski definition) is 0. The summed E-state index contributed by atoms with van der Waals surface area (Å²) in [5.74, 6) is 0.108. The number of halogens is 2. The first-order valence-corrected chi connectivity index (χ1v) is 6.93. The van der Waals surface area contributed by atoms with Gasteiger partial charge in [0.2, 0.25) is 0 Å². The van der Waals surface area contributed by atoms with Crippen LogP contribution in [0.2, 0.25) is 5.02 Å². The highest BCUT2D eigenvalue weighted by Crippen LogP contribution is 2.25. The van der Waals surface area contributed by atoms with E-state index in [9.17, 15) is 9.18 Å². The Morgan fingerprint density at radius 3 is 2.57 bits per heavy atom. The Morgan fingerprint density at radius 1 is 1.24 bits per heavy atom. The molecule has 110 valence electrons. The van der Waals surface area contributed by atoms with E-state index in [4.69, 9.17) is 16.3 Å². The summed E-state index contributed by atoms with van der Waals surface area (Å²) in [6.07, 6.45) is -0.0574. The van der Waals surface area contributed by atoms with E-state index < -0.39 is 5.82 Å². The van der Waals surface area contributed by atoms with Crippen LogP contribution in [0.3, 0.4) is 0 Å². The van der Waals surface area contributed by atoms with Crippen molar-refractivity contribution in [3.63, 3.8) is 0 Å². The van der Waals surface area contributed by atoms with E-state index in [0.717, 1.165) is 16.9 Å². The standard InChI is InChI=1S/C17H16ClFO2/c1-10-8-17(21-3)11(2)7-12(10)16(20)9-13-14(18)5-4-6-15(13)19/h4-8H,9H2,1-3H3. The minimum atomic E-state index is -0.460. The SMILES string of the molecule is COc1cc(C)c(C(=O)Cc2c(F)cccc2Cl)cc1C. The molecule has 0 aliphatic rings. The topological polar surface area (TPSA) is 26.3 Å². The van der Waals surface area contributed by atoms with E-state index in [0.29, 0.717) is 5.56 Å². The van der Waals surface area contributed by atoms with Crippen LogP contribution in [0.25, 0.3) is 0 Å². The van der Waals surface area contributed by atoms with Gasteiger partial charge in [-0.05, 0) is 49.2 Å². The molecule has 0 radical (unpaired) electrons. The summed E-state index contributed by atoms with van der Waals surface area (Å²) in [4.78, 5) is 12.4. The monoisotopic (exact) mass is 306 g/mol. The maximum absolute atomic E-state index is 13.8. The maximum Gasteiger partial charge on any atom is 0.167 e. The van der Waals surface area contributed by atoms with Crippen LogP contribution in [-0.4, -0.2) is 12.9 Å². The second-order valence-corrected chi connectivity index (χ2v) is 5.34. The van der Waals surface area contributed by atoms with Gasteiger partial charge in [0.05, 0.1) is 7.11 Å². The lowest BCUT2D eigenvalue weighted by Crippen LogP contribution is -2.08. The molecular formula is C17H16ClFO2. The molecule has 0 aliphatic carbocycles. The molecule has 2 aromatic carbocycles. The van der Waals surface area contributed by atoms with Crippen molar-refractivity contribution in [2.24, 2.45) is 0 Å². The van der Waals surface area contributed by atoms with Crippen molar-refractivity contribution < 1.29 is 13.9 Å². The lowest BCUT2D eigenvalue weighted by atomic mass is 9.96. The number of ether oxygens (including phenoxy) is 1. The van der Waals surface area contributed by atoms with Gasteiger partial charge < -0.3 is 4.74 Å². The van der Waals surface area contributed by atoms with Gasteiger partial charge >= 0.3 is 0 Å². The fraction of sp³-hybridized carbons (Fsp3) is 0.235. The van der Waals surface area contributed by atoms with Gasteiger partial charge in [-0.3, -0.25) is 4.79 Å². The predicted molar refractivity (Wildman–Crippen MR) is 81.9 cm³/mol. The molecule has 0 fully saturated rings. The van der Waals surface area contributed by atoms with Crippen molar-refractivity contribution in [2.45, 2.75) is 20.3 Å². The van der Waals surface area contributed by atoms with Crippen molar-refractivity contribution in [3.8, 4) is 5.75 Å². The van der Waals surface area contributed by atoms with Crippen LogP contribution < -0.4 is 4.74 Å². The van der Waals surface area contributed by atoms with Crippen LogP contribution >= 0.6 is 11.6 Å². The number of aryl methyl sites for hydroxylation is 2. The maximum atomic E-state index is 13.8. The zero-order valence-corrected chi connectivity index (χ0v) is 12.9. The van der Waals surface area contributed by atoms with E-state index in [2.05, 4.69) is 0 Å². The van der Waals surface area contributed by atoms with Gasteiger partial charge in [-0.2, -0.15) is 0 Å². The van der Waals surface area contributed by atoms with Gasteiger partial charge in [0.15, 0.2) is 5.78 Å². The Morgan fingerprint density at radius 2 is 1.95 bits per heavy atom. The first kappa shape index (κ1) is 15.5. The first-order valence-electron chi connectivity index (χ1n) is 6.55. The van der Waals surface area contributed by atoms with Crippen LogP contribution in [0.15, 0.2) is 30.3 Å². The van der Waals surface area contributed by atoms with Crippen molar-refractivity contribution in [2.75, 3.05) is 7.11 Å². The summed E-state index contributed by atoms with van der Waals surface area (Å²) >= 11 is 5.97. The van der Waals surface area contributed by atoms with Gasteiger partial charge in [-0.15, -0.1) is 0 Å². The van der Waals surface area contributed by atoms with Gasteiger partial charge in [0, 0.05) is 22.6 Å². The summed E-state index contributed by atoms with van der Waals surface area (Å²) in [6, 6.07) is 7.99. The van der Waals surface area contributed by atoms with Crippen LogP contribution in [-0.2, 0) is 6.42 Å². The molecule has 0 spiro atoms. The van der Waals surface area contributed by atoms with E-state index in [1.54, 1.807) is 19.2 Å². The van der Waals surface area contributed by atoms with Crippen LogP contribution in [0.5, 0.6) is 5.75 Å². The van der Waals surface area contributed by atoms with Gasteiger partial charge in [-0.1, -0.05) is 17.7 Å². The molecule has 0 N–H and O–H groups in total. The molecule has 2 nitrogen and oxygen atoms in total. The first-order chi connectivity index (χ1) is 9.93. The fourth-order valence-electron chi connectivity index (χ4n) is 2.27. The highest BCUT2D eigenvalue weighted by Gasteiger charge is 2.16. The molecule has 2 rings (SSSR count). The Bertz CT molecular complexity index is 675. The third kappa shape index (κ3) is 3.24. The second kappa shape index (κ2) is 6.27. The van der Waals surface area contributed by atoms with Gasteiger partial charge in [-0.25, -0.2) is 4.39 Å². The molecular weight excluding hydrogens is 291 g/mol. The number of ketones is 1. The third-order valence-corrected chi connectivity index (χ3v) is 3.80. The summed E-state index contributed by atoms with van der Waals surface area (Å²) in [7, 11) is 1.59. The average Bonchev–Trinajstić information content (AvgIpc) is 2.44. The third-order valence-electron chi connectivity index (χ3n) is 3.44. The highest BCUT2D eigenvalue weighted by atomic mass is 35.5. The summed E-state index contributed by atoms with van der Waals surface area (Å²) < 4.78 is 19.0. The molecule has 0 bridgehead atoms. The molecule has 0 saturated carbocycles. The quantitative estimate of drug-likeness (QED) is 0.776. The molecule has 0 aliphatic heterocycles. The molecule has 0 aromatic heterocycles. The summed E-state index contributed by atoms with van der Waals surface area (Å²) in [5, 5.41) is 0.270. The van der Waals surface area contributed by atoms with Crippen molar-refractivity contribution in [3.05, 3.63) is 63.4 Å². The number of rotatable bonds is 4. The fourth-order valence-corrected chi connectivity index (χ4v) is 2.50. The molecule has 0 heterocycles. The Hall–Kier alpha value is -1.87. The van der Waals surface area contributed by atoms with Crippen molar-refractivity contribution in [1.82, 2.24) is 0 Å². The summed E-state index contributed by atoms with van der Waals surface area (Å²) in [5.41, 5.74) is 2.46. The van der Waals surface area contributed by atoms with Crippen LogP contribution in [0, 0.1) is 19.7 Å². The molecule has 4 heteroatoms. The highest BCUT2D eigenvalue weighted by molar-refractivity contribution is 6.31. The Labute approximate surface area is 128 Å². The number of benzene rings is 2. The molecule has 0 saturated heterocycles. The Kier molecular flexibility index (Phi) is 4.63. The second-order valence-electron chi connectivity index (χ2n) is 4.94. The molecule has 2 aromatic rings. The lowest BCUT2D eigenvalue weighted by molar-refractivity contribution is 0.0991. The van der Waals surface area contributed by atoms with E-state index in [-0.39, 0.29) is 22.8 Å². The largest absolute Gasteiger partial charge is 0.496 e. The predicted octanol–water partition coefficient (Wildman–Crippen LogP) is 4.53. The zero-order valence-electron chi connectivity index (χ0n) is 12.2. The van der Waals surface area contributed by atoms with E-state index >= 15 is 0 Å². The van der Waals surface area contributed by atoms with Crippen LogP contribution in [0.4, 0.5) is 4.39 Å². The van der Waals surface area contributed by atoms with E-state index in [1.807, 2.05) is 19.9 Å². The number of carbonyl (C=O) groups is 1. The summed E-state index contributed by atoms with van der Waals surface area (Å²) in [6.45, 7) is 3.70. The molecule has 0 amide bonds. The normalized spacial score (nSPS) is 10.5. The van der Waals surface area contributed by atoms with Gasteiger partial charge in [0.25, 0.3) is 0 Å². The number of carbonyl (C=O) groups excluding carboxylic acids is 1. The minimum Gasteiger partial charge on any atom is -0.496 e. The zero-order chi connectivity index (χ0) is 15.6. The van der Waals surface area contributed by atoms with Crippen LogP contribution in [0.1, 0.15) is 27.0 Å². The van der Waals surface area contributed by atoms with Gasteiger partial charge in [0.1, 0.15) is 11.6 Å². The lowest BCUT2D eigenvalue weighted by Gasteiger charge is -2.11. The number of methoxy groups -OCH3 is 1. The van der Waals surface area contributed by atoms with Crippen molar-refractivity contribution in [1.29, 1.82) is 0 Å². The molecule has 0 atom stereocenters. The number of Topliss-reactive ketones (excluding diaryl/α,β-unsaturated/α-hetero) is 1. The Balaban J connectivity index is 2.35. The minimum absolute atomic E-state index is 0.0574. The molecule has 0 unspecified atom stereocenters. The van der Waals surface area contributed by atoms with E-state index in [1.165, 1.54) is 12.1 Å².